The van der Waals surface area contributed by atoms with Gasteiger partial charge in [0, 0.05) is 36.7 Å². The average Bonchev–Trinajstić information content (AvgIpc) is 2.89. The SMILES string of the molecule is C/C=C(\C)CC(NC(=O)c1cccc(C(=O)N(CC)CC)c1)[C@@H](O)C[C@@H](O)C(=O)NC(C)C.F/C=C/CF. The number of hydrogen-bond donors (Lipinski definition) is 4. The van der Waals surface area contributed by atoms with Gasteiger partial charge >= 0.3 is 0 Å². The fourth-order valence-corrected chi connectivity index (χ4v) is 3.40. The number of aliphatic hydroxyl groups is 2. The lowest BCUT2D eigenvalue weighted by molar-refractivity contribution is -0.131. The summed E-state index contributed by atoms with van der Waals surface area (Å²) in [6.07, 6.45) is 0.415. The minimum atomic E-state index is -1.40. The maximum Gasteiger partial charge on any atom is 0.253 e. The Bertz CT molecular complexity index is 933. The summed E-state index contributed by atoms with van der Waals surface area (Å²) in [5, 5.41) is 26.3. The second-order valence-electron chi connectivity index (χ2n) is 8.98. The molecule has 1 aromatic rings. The zero-order chi connectivity index (χ0) is 29.3. The van der Waals surface area contributed by atoms with Crippen LogP contribution in [0.5, 0.6) is 0 Å². The highest BCUT2D eigenvalue weighted by Crippen LogP contribution is 2.15. The van der Waals surface area contributed by atoms with Crippen LogP contribution in [0, 0.1) is 0 Å². The van der Waals surface area contributed by atoms with Crippen molar-refractivity contribution < 1.29 is 33.4 Å². The predicted molar refractivity (Wildman–Crippen MR) is 145 cm³/mol. The molecule has 0 aliphatic carbocycles. The first-order chi connectivity index (χ1) is 17.9. The van der Waals surface area contributed by atoms with E-state index in [0.717, 1.165) is 11.6 Å². The van der Waals surface area contributed by atoms with Gasteiger partial charge in [0.25, 0.3) is 11.8 Å². The van der Waals surface area contributed by atoms with Gasteiger partial charge in [-0.1, -0.05) is 17.7 Å². The first-order valence-electron chi connectivity index (χ1n) is 12.7. The van der Waals surface area contributed by atoms with Crippen molar-refractivity contribution in [2.45, 2.75) is 78.7 Å². The van der Waals surface area contributed by atoms with Gasteiger partial charge < -0.3 is 25.7 Å². The minimum Gasteiger partial charge on any atom is -0.391 e. The number of aliphatic hydroxyl groups excluding tert-OH is 2. The number of carbonyl (C=O) groups is 3. The molecule has 214 valence electrons. The Morgan fingerprint density at radius 2 is 1.68 bits per heavy atom. The van der Waals surface area contributed by atoms with E-state index >= 15 is 0 Å². The van der Waals surface area contributed by atoms with Crippen molar-refractivity contribution in [1.29, 1.82) is 0 Å². The molecular weight excluding hydrogens is 496 g/mol. The van der Waals surface area contributed by atoms with Crippen LogP contribution in [0.15, 0.2) is 48.3 Å². The highest BCUT2D eigenvalue weighted by Gasteiger charge is 2.28. The van der Waals surface area contributed by atoms with Crippen molar-refractivity contribution in [2.24, 2.45) is 0 Å². The summed E-state index contributed by atoms with van der Waals surface area (Å²) >= 11 is 0. The molecule has 0 aliphatic heterocycles. The Balaban J connectivity index is 0.00000249. The highest BCUT2D eigenvalue weighted by molar-refractivity contribution is 5.99. The van der Waals surface area contributed by atoms with Gasteiger partial charge in [0.1, 0.15) is 12.8 Å². The molecular formula is C28H43F2N3O5. The molecule has 3 atom stereocenters. The lowest BCUT2D eigenvalue weighted by Crippen LogP contribution is -2.47. The van der Waals surface area contributed by atoms with Crippen molar-refractivity contribution in [3.63, 3.8) is 0 Å². The van der Waals surface area contributed by atoms with Gasteiger partial charge in [-0.15, -0.1) is 0 Å². The van der Waals surface area contributed by atoms with E-state index in [9.17, 15) is 33.4 Å². The molecule has 3 amide bonds. The van der Waals surface area contributed by atoms with Gasteiger partial charge in [0.2, 0.25) is 5.91 Å². The maximum absolute atomic E-state index is 13.0. The van der Waals surface area contributed by atoms with Crippen molar-refractivity contribution in [3.8, 4) is 0 Å². The number of rotatable bonds is 13. The fraction of sp³-hybridized carbons (Fsp3) is 0.536. The fourth-order valence-electron chi connectivity index (χ4n) is 3.40. The normalized spacial score (nSPS) is 13.8. The van der Waals surface area contributed by atoms with Gasteiger partial charge in [-0.2, -0.15) is 0 Å². The van der Waals surface area contributed by atoms with Gasteiger partial charge in [-0.25, -0.2) is 8.78 Å². The van der Waals surface area contributed by atoms with E-state index in [1.807, 2.05) is 33.8 Å². The summed E-state index contributed by atoms with van der Waals surface area (Å²) in [4.78, 5) is 39.3. The lowest BCUT2D eigenvalue weighted by atomic mass is 9.96. The zero-order valence-electron chi connectivity index (χ0n) is 23.2. The molecule has 0 saturated heterocycles. The molecule has 0 aliphatic rings. The summed E-state index contributed by atoms with van der Waals surface area (Å²) in [5.41, 5.74) is 1.64. The summed E-state index contributed by atoms with van der Waals surface area (Å²) < 4.78 is 21.2. The second kappa shape index (κ2) is 19.0. The molecule has 0 fully saturated rings. The molecule has 8 nitrogen and oxygen atoms in total. The molecule has 1 unspecified atom stereocenters. The standard InChI is InChI=1S/C25H39N3O5.C3H4F2/c1-7-17(6)13-20(21(29)15-22(30)24(32)26-16(4)5)27-23(31)18-11-10-12-19(14-18)25(33)28(8-2)9-3;4-2-1-3-5/h7,10-12,14,16,20-22,29-30H,8-9,13,15H2,1-6H3,(H,26,32)(H,27,31);1-2H,3H2/b17-7+;2-1+/t20?,21-,22+;/m0./s1. The van der Waals surface area contributed by atoms with Crippen LogP contribution >= 0.6 is 0 Å². The molecule has 0 bridgehead atoms. The molecule has 0 aromatic heterocycles. The largest absolute Gasteiger partial charge is 0.391 e. The van der Waals surface area contributed by atoms with Gasteiger partial charge in [-0.05, 0) is 72.2 Å². The van der Waals surface area contributed by atoms with E-state index in [1.165, 1.54) is 6.07 Å². The van der Waals surface area contributed by atoms with E-state index < -0.39 is 36.7 Å². The monoisotopic (exact) mass is 539 g/mol. The van der Waals surface area contributed by atoms with E-state index in [-0.39, 0.29) is 24.7 Å². The molecule has 0 saturated carbocycles. The summed E-state index contributed by atoms with van der Waals surface area (Å²) in [5.74, 6) is -1.17. The average molecular weight is 540 g/mol. The van der Waals surface area contributed by atoms with Crippen LogP contribution in [-0.4, -0.2) is 76.9 Å². The first kappa shape index (κ1) is 34.9. The summed E-state index contributed by atoms with van der Waals surface area (Å²) in [7, 11) is 0. The molecule has 1 rings (SSSR count). The number of benzene rings is 1. The van der Waals surface area contributed by atoms with Crippen molar-refractivity contribution in [1.82, 2.24) is 15.5 Å². The number of nitrogens with zero attached hydrogens (tertiary/aromatic N) is 1. The minimum absolute atomic E-state index is 0.142. The van der Waals surface area contributed by atoms with Crippen molar-refractivity contribution in [2.75, 3.05) is 19.8 Å². The molecule has 38 heavy (non-hydrogen) atoms. The highest BCUT2D eigenvalue weighted by atomic mass is 19.1. The van der Waals surface area contributed by atoms with E-state index in [1.54, 1.807) is 36.9 Å². The predicted octanol–water partition coefficient (Wildman–Crippen LogP) is 3.70. The molecule has 1 aromatic carbocycles. The Hall–Kier alpha value is -3.11. The van der Waals surface area contributed by atoms with Crippen LogP contribution in [0.2, 0.25) is 0 Å². The van der Waals surface area contributed by atoms with E-state index in [2.05, 4.69) is 10.6 Å². The third-order valence-electron chi connectivity index (χ3n) is 5.61. The van der Waals surface area contributed by atoms with Crippen LogP contribution in [0.1, 0.15) is 75.1 Å². The summed E-state index contributed by atoms with van der Waals surface area (Å²) in [6, 6.07) is 5.58. The number of carbonyl (C=O) groups excluding carboxylic acids is 3. The molecule has 10 heteroatoms. The van der Waals surface area contributed by atoms with Crippen molar-refractivity contribution in [3.05, 3.63) is 59.4 Å². The molecule has 0 radical (unpaired) electrons. The maximum atomic E-state index is 13.0. The van der Waals surface area contributed by atoms with E-state index in [0.29, 0.717) is 30.6 Å². The number of hydrogen-bond acceptors (Lipinski definition) is 5. The molecule has 0 heterocycles. The number of alkyl halides is 1. The zero-order valence-corrected chi connectivity index (χ0v) is 23.2. The quantitative estimate of drug-likeness (QED) is 0.285. The Labute approximate surface area is 224 Å². The van der Waals surface area contributed by atoms with Gasteiger partial charge in [0.15, 0.2) is 0 Å². The van der Waals surface area contributed by atoms with Crippen LogP contribution in [0.3, 0.4) is 0 Å². The van der Waals surface area contributed by atoms with Crippen LogP contribution < -0.4 is 10.6 Å². The Morgan fingerprint density at radius 1 is 1.08 bits per heavy atom. The van der Waals surface area contributed by atoms with Gasteiger partial charge in [-0.3, -0.25) is 14.4 Å². The van der Waals surface area contributed by atoms with Crippen LogP contribution in [0.25, 0.3) is 0 Å². The lowest BCUT2D eigenvalue weighted by Gasteiger charge is -2.26. The third-order valence-corrected chi connectivity index (χ3v) is 5.61. The molecule has 4 N–H and O–H groups in total. The number of nitrogens with one attached hydrogen (secondary N) is 2. The van der Waals surface area contributed by atoms with Gasteiger partial charge in [0.05, 0.1) is 18.5 Å². The van der Waals surface area contributed by atoms with E-state index in [4.69, 9.17) is 0 Å². The first-order valence-corrected chi connectivity index (χ1v) is 12.7. The summed E-state index contributed by atoms with van der Waals surface area (Å²) in [6.45, 7) is 11.5. The smallest absolute Gasteiger partial charge is 0.253 e. The second-order valence-corrected chi connectivity index (χ2v) is 8.98. The number of amides is 3. The third kappa shape index (κ3) is 12.9. The molecule has 0 spiro atoms. The number of halogens is 2. The Morgan fingerprint density at radius 3 is 2.16 bits per heavy atom. The topological polar surface area (TPSA) is 119 Å². The van der Waals surface area contributed by atoms with Crippen molar-refractivity contribution >= 4 is 17.7 Å². The van der Waals surface area contributed by atoms with Crippen LogP contribution in [0.4, 0.5) is 8.78 Å². The Kier molecular flexibility index (Phi) is 17.5. The van der Waals surface area contributed by atoms with Crippen LogP contribution in [-0.2, 0) is 4.79 Å². The number of allylic oxidation sites excluding steroid dienone is 2.